The summed E-state index contributed by atoms with van der Waals surface area (Å²) in [5.41, 5.74) is 2.31. The predicted octanol–water partition coefficient (Wildman–Crippen LogP) is 3.33. The fourth-order valence-electron chi connectivity index (χ4n) is 2.55. The molecule has 2 heterocycles. The Hall–Kier alpha value is -1.85. The minimum atomic E-state index is -0.0846. The van der Waals surface area contributed by atoms with E-state index in [0.717, 1.165) is 34.8 Å². The van der Waals surface area contributed by atoms with Crippen molar-refractivity contribution in [3.8, 4) is 5.75 Å². The highest BCUT2D eigenvalue weighted by atomic mass is 32.1. The van der Waals surface area contributed by atoms with Gasteiger partial charge in [0.2, 0.25) is 0 Å². The van der Waals surface area contributed by atoms with Gasteiger partial charge in [0.15, 0.2) is 0 Å². The molecule has 3 rings (SSSR count). The molecule has 1 aliphatic rings. The van der Waals surface area contributed by atoms with Crippen LogP contribution in [0.2, 0.25) is 0 Å². The van der Waals surface area contributed by atoms with E-state index in [1.165, 1.54) is 4.88 Å². The summed E-state index contributed by atoms with van der Waals surface area (Å²) in [6.07, 6.45) is 0.818. The summed E-state index contributed by atoms with van der Waals surface area (Å²) in [6.45, 7) is 5.82. The molecule has 1 amide bonds. The molecule has 0 spiro atoms. The van der Waals surface area contributed by atoms with Gasteiger partial charge in [-0.15, -0.1) is 11.3 Å². The number of hydrogen-bond donors (Lipinski definition) is 1. The lowest BCUT2D eigenvalue weighted by Gasteiger charge is -2.15. The molecule has 23 heavy (non-hydrogen) atoms. The minimum absolute atomic E-state index is 0.0379. The second-order valence-electron chi connectivity index (χ2n) is 5.82. The van der Waals surface area contributed by atoms with Gasteiger partial charge in [0.1, 0.15) is 11.9 Å². The van der Waals surface area contributed by atoms with Crippen molar-refractivity contribution in [1.29, 1.82) is 0 Å². The van der Waals surface area contributed by atoms with E-state index in [9.17, 15) is 4.79 Å². The molecule has 0 saturated heterocycles. The van der Waals surface area contributed by atoms with Gasteiger partial charge in [-0.05, 0) is 43.2 Å². The van der Waals surface area contributed by atoms with Crippen molar-refractivity contribution in [2.24, 2.45) is 0 Å². The second kappa shape index (κ2) is 7.15. The lowest BCUT2D eigenvalue weighted by Crippen LogP contribution is -2.33. The van der Waals surface area contributed by atoms with E-state index in [0.29, 0.717) is 13.2 Å². The number of aryl methyl sites for hydroxylation is 1. The van der Waals surface area contributed by atoms with E-state index in [1.54, 1.807) is 11.3 Å². The molecule has 0 unspecified atom stereocenters. The van der Waals surface area contributed by atoms with Crippen LogP contribution in [0.25, 0.3) is 0 Å². The molecule has 0 saturated carbocycles. The molecule has 1 aromatic heterocycles. The summed E-state index contributed by atoms with van der Waals surface area (Å²) in [5, 5.41) is 2.95. The van der Waals surface area contributed by atoms with E-state index in [-0.39, 0.29) is 12.0 Å². The van der Waals surface area contributed by atoms with Gasteiger partial charge in [0.05, 0.1) is 24.6 Å². The SMILES string of the molecule is Cc1cccc(O[C@@H](C)CNC(=O)c2cc3c(s2)CCOC3)c1. The number of ether oxygens (including phenoxy) is 2. The summed E-state index contributed by atoms with van der Waals surface area (Å²) in [7, 11) is 0. The number of thiophene rings is 1. The zero-order valence-electron chi connectivity index (χ0n) is 13.4. The number of amides is 1. The molecule has 122 valence electrons. The Balaban J connectivity index is 1.53. The highest BCUT2D eigenvalue weighted by Crippen LogP contribution is 2.26. The Morgan fingerprint density at radius 2 is 2.30 bits per heavy atom. The van der Waals surface area contributed by atoms with Crippen molar-refractivity contribution in [3.05, 3.63) is 51.2 Å². The topological polar surface area (TPSA) is 47.6 Å². The number of rotatable bonds is 5. The molecular formula is C18H21NO3S. The van der Waals surface area contributed by atoms with Crippen LogP contribution in [0.5, 0.6) is 5.75 Å². The van der Waals surface area contributed by atoms with E-state index < -0.39 is 0 Å². The molecule has 4 nitrogen and oxygen atoms in total. The highest BCUT2D eigenvalue weighted by molar-refractivity contribution is 7.14. The van der Waals surface area contributed by atoms with Crippen molar-refractivity contribution < 1.29 is 14.3 Å². The van der Waals surface area contributed by atoms with E-state index in [4.69, 9.17) is 9.47 Å². The molecule has 0 bridgehead atoms. The zero-order chi connectivity index (χ0) is 16.2. The third-order valence-electron chi connectivity index (χ3n) is 3.73. The highest BCUT2D eigenvalue weighted by Gasteiger charge is 2.18. The van der Waals surface area contributed by atoms with Crippen LogP contribution in [-0.4, -0.2) is 25.2 Å². The number of carbonyl (C=O) groups excluding carboxylic acids is 1. The van der Waals surface area contributed by atoms with Crippen LogP contribution >= 0.6 is 11.3 Å². The second-order valence-corrected chi connectivity index (χ2v) is 6.95. The van der Waals surface area contributed by atoms with Crippen molar-refractivity contribution in [1.82, 2.24) is 5.32 Å². The Morgan fingerprint density at radius 3 is 3.09 bits per heavy atom. The minimum Gasteiger partial charge on any atom is -0.489 e. The first-order chi connectivity index (χ1) is 11.1. The Labute approximate surface area is 140 Å². The van der Waals surface area contributed by atoms with Crippen LogP contribution in [0.15, 0.2) is 30.3 Å². The predicted molar refractivity (Wildman–Crippen MR) is 91.3 cm³/mol. The maximum Gasteiger partial charge on any atom is 0.261 e. The first-order valence-electron chi connectivity index (χ1n) is 7.82. The van der Waals surface area contributed by atoms with Gasteiger partial charge in [0.25, 0.3) is 5.91 Å². The average Bonchev–Trinajstić information content (AvgIpc) is 2.97. The normalized spacial score (nSPS) is 14.9. The maximum atomic E-state index is 12.3. The molecule has 0 radical (unpaired) electrons. The fourth-order valence-corrected chi connectivity index (χ4v) is 3.61. The molecule has 0 aliphatic carbocycles. The molecule has 0 fully saturated rings. The third kappa shape index (κ3) is 4.12. The van der Waals surface area contributed by atoms with Gasteiger partial charge in [-0.2, -0.15) is 0 Å². The van der Waals surface area contributed by atoms with Gasteiger partial charge in [0, 0.05) is 11.3 Å². The first kappa shape index (κ1) is 16.0. The zero-order valence-corrected chi connectivity index (χ0v) is 14.2. The smallest absolute Gasteiger partial charge is 0.261 e. The average molecular weight is 331 g/mol. The maximum absolute atomic E-state index is 12.3. The molecule has 1 aromatic carbocycles. The van der Waals surface area contributed by atoms with Gasteiger partial charge in [-0.3, -0.25) is 4.79 Å². The summed E-state index contributed by atoms with van der Waals surface area (Å²) in [4.78, 5) is 14.3. The molecule has 1 aliphatic heterocycles. The lowest BCUT2D eigenvalue weighted by molar-refractivity contribution is 0.0935. The van der Waals surface area contributed by atoms with Gasteiger partial charge < -0.3 is 14.8 Å². The summed E-state index contributed by atoms with van der Waals surface area (Å²) in [5.74, 6) is 0.791. The molecule has 1 atom stereocenters. The van der Waals surface area contributed by atoms with E-state index >= 15 is 0 Å². The number of carbonyl (C=O) groups is 1. The number of fused-ring (bicyclic) bond motifs is 1. The summed E-state index contributed by atoms with van der Waals surface area (Å²) < 4.78 is 11.2. The van der Waals surface area contributed by atoms with Crippen LogP contribution in [0.1, 0.15) is 32.6 Å². The Kier molecular flexibility index (Phi) is 4.98. The Morgan fingerprint density at radius 1 is 1.43 bits per heavy atom. The van der Waals surface area contributed by atoms with Crippen LogP contribution < -0.4 is 10.1 Å². The summed E-state index contributed by atoms with van der Waals surface area (Å²) in [6, 6.07) is 9.86. The Bertz CT molecular complexity index is 672. The van der Waals surface area contributed by atoms with Crippen molar-refractivity contribution in [3.63, 3.8) is 0 Å². The van der Waals surface area contributed by atoms with E-state index in [1.807, 2.05) is 44.2 Å². The van der Waals surface area contributed by atoms with Crippen LogP contribution in [0.4, 0.5) is 0 Å². The third-order valence-corrected chi connectivity index (χ3v) is 4.96. The van der Waals surface area contributed by atoms with Crippen LogP contribution in [0.3, 0.4) is 0 Å². The van der Waals surface area contributed by atoms with Crippen molar-refractivity contribution in [2.75, 3.05) is 13.2 Å². The van der Waals surface area contributed by atoms with Gasteiger partial charge in [-0.25, -0.2) is 0 Å². The number of nitrogens with one attached hydrogen (secondary N) is 1. The lowest BCUT2D eigenvalue weighted by atomic mass is 10.2. The number of hydrogen-bond acceptors (Lipinski definition) is 4. The standard InChI is InChI=1S/C18H21NO3S/c1-12-4-3-5-15(8-12)22-13(2)10-19-18(20)17-9-14-11-21-7-6-16(14)23-17/h3-5,8-9,13H,6-7,10-11H2,1-2H3,(H,19,20)/t13-/m0/s1. The van der Waals surface area contributed by atoms with Crippen LogP contribution in [-0.2, 0) is 17.8 Å². The van der Waals surface area contributed by atoms with Crippen molar-refractivity contribution in [2.45, 2.75) is 33.0 Å². The molecule has 1 N–H and O–H groups in total. The van der Waals surface area contributed by atoms with Crippen LogP contribution in [0, 0.1) is 6.92 Å². The quantitative estimate of drug-likeness (QED) is 0.914. The molecule has 2 aromatic rings. The van der Waals surface area contributed by atoms with Gasteiger partial charge >= 0.3 is 0 Å². The largest absolute Gasteiger partial charge is 0.489 e. The number of benzene rings is 1. The summed E-state index contributed by atoms with van der Waals surface area (Å²) >= 11 is 1.57. The molecule has 5 heteroatoms. The fraction of sp³-hybridized carbons (Fsp3) is 0.389. The van der Waals surface area contributed by atoms with Gasteiger partial charge in [-0.1, -0.05) is 12.1 Å². The monoisotopic (exact) mass is 331 g/mol. The van der Waals surface area contributed by atoms with E-state index in [2.05, 4.69) is 5.32 Å². The first-order valence-corrected chi connectivity index (χ1v) is 8.64. The van der Waals surface area contributed by atoms with Crippen molar-refractivity contribution >= 4 is 17.2 Å². The molecular weight excluding hydrogens is 310 g/mol.